The van der Waals surface area contributed by atoms with E-state index in [1.54, 1.807) is 0 Å². The maximum absolute atomic E-state index is 12.0. The van der Waals surface area contributed by atoms with Crippen molar-refractivity contribution in [3.63, 3.8) is 0 Å². The van der Waals surface area contributed by atoms with Crippen LogP contribution in [0.25, 0.3) is 0 Å². The van der Waals surface area contributed by atoms with Crippen LogP contribution in [0.15, 0.2) is 12.3 Å². The molecular formula is C11H11ClN4O4. The topological polar surface area (TPSA) is 114 Å². The molecule has 1 aromatic rings. The molecule has 0 saturated carbocycles. The zero-order chi connectivity index (χ0) is 14.7. The Hall–Kier alpha value is -2.22. The van der Waals surface area contributed by atoms with E-state index in [4.69, 9.17) is 11.6 Å². The molecule has 1 aromatic heterocycles. The molecule has 1 aliphatic rings. The molecule has 1 aliphatic heterocycles. The number of carbonyl (C=O) groups is 2. The summed E-state index contributed by atoms with van der Waals surface area (Å²) in [4.78, 5) is 37.1. The van der Waals surface area contributed by atoms with Gasteiger partial charge in [0.15, 0.2) is 0 Å². The monoisotopic (exact) mass is 298 g/mol. The Morgan fingerprint density at radius 3 is 3.00 bits per heavy atom. The Morgan fingerprint density at radius 1 is 1.60 bits per heavy atom. The number of nitro groups is 1. The molecule has 0 radical (unpaired) electrons. The summed E-state index contributed by atoms with van der Waals surface area (Å²) in [5, 5.41) is 15.6. The van der Waals surface area contributed by atoms with Gasteiger partial charge < -0.3 is 10.6 Å². The van der Waals surface area contributed by atoms with Gasteiger partial charge in [0.25, 0.3) is 11.6 Å². The minimum absolute atomic E-state index is 0.126. The fourth-order valence-corrected chi connectivity index (χ4v) is 2.03. The van der Waals surface area contributed by atoms with Crippen LogP contribution in [0.4, 0.5) is 5.69 Å². The molecule has 1 saturated heterocycles. The third kappa shape index (κ3) is 3.02. The van der Waals surface area contributed by atoms with Crippen molar-refractivity contribution in [2.45, 2.75) is 18.9 Å². The maximum atomic E-state index is 12.0. The number of hydrogen-bond donors (Lipinski definition) is 2. The highest BCUT2D eigenvalue weighted by Gasteiger charge is 2.26. The molecule has 8 nitrogen and oxygen atoms in total. The van der Waals surface area contributed by atoms with Crippen LogP contribution in [-0.4, -0.2) is 34.3 Å². The Morgan fingerprint density at radius 2 is 2.35 bits per heavy atom. The third-order valence-electron chi connectivity index (χ3n) is 2.87. The maximum Gasteiger partial charge on any atom is 0.288 e. The molecule has 2 amide bonds. The first-order chi connectivity index (χ1) is 9.49. The Labute approximate surface area is 118 Å². The van der Waals surface area contributed by atoms with E-state index in [2.05, 4.69) is 15.6 Å². The van der Waals surface area contributed by atoms with Gasteiger partial charge in [0.2, 0.25) is 5.91 Å². The molecule has 2 N–H and O–H groups in total. The fraction of sp³-hybridized carbons (Fsp3) is 0.364. The first kappa shape index (κ1) is 14.2. The minimum atomic E-state index is -0.673. The Balaban J connectivity index is 2.18. The lowest BCUT2D eigenvalue weighted by molar-refractivity contribution is -0.385. The Kier molecular flexibility index (Phi) is 4.14. The van der Waals surface area contributed by atoms with E-state index in [1.165, 1.54) is 0 Å². The van der Waals surface area contributed by atoms with Crippen LogP contribution in [0.3, 0.4) is 0 Å². The number of aromatic nitrogens is 1. The van der Waals surface area contributed by atoms with Gasteiger partial charge in [0, 0.05) is 12.6 Å². The van der Waals surface area contributed by atoms with E-state index in [1.807, 2.05) is 0 Å². The molecule has 106 valence electrons. The number of carbonyl (C=O) groups excluding carboxylic acids is 2. The molecule has 2 rings (SSSR count). The normalized spacial score (nSPS) is 18.2. The molecule has 1 atom stereocenters. The molecule has 2 heterocycles. The average Bonchev–Trinajstić information content (AvgIpc) is 2.41. The number of piperidine rings is 1. The van der Waals surface area contributed by atoms with Crippen molar-refractivity contribution in [1.82, 2.24) is 15.6 Å². The van der Waals surface area contributed by atoms with Gasteiger partial charge in [0.1, 0.15) is 17.4 Å². The summed E-state index contributed by atoms with van der Waals surface area (Å²) in [7, 11) is 0. The number of pyridine rings is 1. The highest BCUT2D eigenvalue weighted by molar-refractivity contribution is 6.32. The lowest BCUT2D eigenvalue weighted by atomic mass is 10.1. The lowest BCUT2D eigenvalue weighted by Gasteiger charge is -2.22. The van der Waals surface area contributed by atoms with Crippen LogP contribution in [-0.2, 0) is 4.79 Å². The SMILES string of the molecule is O=C(NC1CCCNC1=O)c1cc([N+](=O)[O-])cnc1Cl. The number of rotatable bonds is 3. The molecule has 0 aliphatic carbocycles. The summed E-state index contributed by atoms with van der Waals surface area (Å²) in [6.45, 7) is 0.574. The number of nitrogens with zero attached hydrogens (tertiary/aromatic N) is 2. The van der Waals surface area contributed by atoms with Gasteiger partial charge in [-0.15, -0.1) is 0 Å². The van der Waals surface area contributed by atoms with Crippen LogP contribution in [0, 0.1) is 10.1 Å². The summed E-state index contributed by atoms with van der Waals surface area (Å²) in [5.41, 5.74) is -0.466. The first-order valence-electron chi connectivity index (χ1n) is 5.87. The van der Waals surface area contributed by atoms with Crippen LogP contribution in [0.5, 0.6) is 0 Å². The van der Waals surface area contributed by atoms with Gasteiger partial charge in [-0.25, -0.2) is 4.98 Å². The van der Waals surface area contributed by atoms with Crippen molar-refractivity contribution in [2.24, 2.45) is 0 Å². The largest absolute Gasteiger partial charge is 0.354 e. The highest BCUT2D eigenvalue weighted by atomic mass is 35.5. The van der Waals surface area contributed by atoms with Gasteiger partial charge in [-0.05, 0) is 12.8 Å². The summed E-state index contributed by atoms with van der Waals surface area (Å²) >= 11 is 5.75. The van der Waals surface area contributed by atoms with Crippen LogP contribution in [0.2, 0.25) is 5.15 Å². The first-order valence-corrected chi connectivity index (χ1v) is 6.25. The molecule has 9 heteroatoms. The zero-order valence-corrected chi connectivity index (χ0v) is 11.0. The second kappa shape index (κ2) is 5.83. The quantitative estimate of drug-likeness (QED) is 0.483. The molecule has 1 unspecified atom stereocenters. The fourth-order valence-electron chi connectivity index (χ4n) is 1.84. The zero-order valence-electron chi connectivity index (χ0n) is 10.3. The van der Waals surface area contributed by atoms with E-state index in [-0.39, 0.29) is 22.3 Å². The molecule has 20 heavy (non-hydrogen) atoms. The van der Waals surface area contributed by atoms with Crippen molar-refractivity contribution >= 4 is 29.1 Å². The van der Waals surface area contributed by atoms with Crippen LogP contribution in [0.1, 0.15) is 23.2 Å². The van der Waals surface area contributed by atoms with Crippen molar-refractivity contribution in [3.05, 3.63) is 33.1 Å². The summed E-state index contributed by atoms with van der Waals surface area (Å²) < 4.78 is 0. The van der Waals surface area contributed by atoms with Crippen molar-refractivity contribution < 1.29 is 14.5 Å². The molecular weight excluding hydrogens is 288 g/mol. The van der Waals surface area contributed by atoms with E-state index < -0.39 is 16.9 Å². The van der Waals surface area contributed by atoms with Gasteiger partial charge in [-0.2, -0.15) is 0 Å². The van der Waals surface area contributed by atoms with Gasteiger partial charge in [-0.1, -0.05) is 11.6 Å². The van der Waals surface area contributed by atoms with Crippen molar-refractivity contribution in [3.8, 4) is 0 Å². The molecule has 0 aromatic carbocycles. The second-order valence-corrected chi connectivity index (χ2v) is 4.61. The number of nitrogens with one attached hydrogen (secondary N) is 2. The van der Waals surface area contributed by atoms with E-state index in [0.717, 1.165) is 18.7 Å². The predicted molar refractivity (Wildman–Crippen MR) is 69.4 cm³/mol. The summed E-state index contributed by atoms with van der Waals surface area (Å²) in [5.74, 6) is -0.938. The standard InChI is InChI=1S/C11H11ClN4O4/c12-9-7(4-6(5-14-9)16(19)20)10(17)15-8-2-1-3-13-11(8)18/h4-5,8H,1-3H2,(H,13,18)(H,15,17). The average molecular weight is 299 g/mol. The number of halogens is 1. The molecule has 0 bridgehead atoms. The third-order valence-corrected chi connectivity index (χ3v) is 3.17. The number of amides is 2. The second-order valence-electron chi connectivity index (χ2n) is 4.25. The highest BCUT2D eigenvalue weighted by Crippen LogP contribution is 2.19. The van der Waals surface area contributed by atoms with E-state index >= 15 is 0 Å². The van der Waals surface area contributed by atoms with Crippen LogP contribution >= 0.6 is 11.6 Å². The lowest BCUT2D eigenvalue weighted by Crippen LogP contribution is -2.50. The van der Waals surface area contributed by atoms with E-state index in [0.29, 0.717) is 13.0 Å². The van der Waals surface area contributed by atoms with Gasteiger partial charge >= 0.3 is 0 Å². The minimum Gasteiger partial charge on any atom is -0.354 e. The van der Waals surface area contributed by atoms with Gasteiger partial charge in [-0.3, -0.25) is 19.7 Å². The molecule has 1 fully saturated rings. The predicted octanol–water partition coefficient (Wildman–Crippen LogP) is 0.652. The number of hydrogen-bond acceptors (Lipinski definition) is 5. The Bertz CT molecular complexity index is 578. The summed E-state index contributed by atoms with van der Waals surface area (Å²) in [6, 6.07) is 0.373. The van der Waals surface area contributed by atoms with Crippen molar-refractivity contribution in [2.75, 3.05) is 6.54 Å². The van der Waals surface area contributed by atoms with Gasteiger partial charge in [0.05, 0.1) is 10.5 Å². The van der Waals surface area contributed by atoms with Crippen LogP contribution < -0.4 is 10.6 Å². The molecule has 0 spiro atoms. The van der Waals surface area contributed by atoms with Crippen molar-refractivity contribution in [1.29, 1.82) is 0 Å². The smallest absolute Gasteiger partial charge is 0.288 e. The summed E-state index contributed by atoms with van der Waals surface area (Å²) in [6.07, 6.45) is 2.22. The van der Waals surface area contributed by atoms with E-state index in [9.17, 15) is 19.7 Å².